The van der Waals surface area contributed by atoms with Crippen molar-refractivity contribution in [2.24, 2.45) is 0 Å². The molecule has 0 aliphatic carbocycles. The summed E-state index contributed by atoms with van der Waals surface area (Å²) in [5, 5.41) is 4.65. The van der Waals surface area contributed by atoms with Crippen molar-refractivity contribution >= 4 is 60.7 Å². The van der Waals surface area contributed by atoms with Gasteiger partial charge in [-0.3, -0.25) is 4.98 Å². The van der Waals surface area contributed by atoms with Gasteiger partial charge >= 0.3 is 0 Å². The number of hydrogen-bond donors (Lipinski definition) is 0. The van der Waals surface area contributed by atoms with E-state index in [1.165, 1.54) is 44.2 Å². The summed E-state index contributed by atoms with van der Waals surface area (Å²) >= 11 is 0. The van der Waals surface area contributed by atoms with Crippen LogP contribution in [0.25, 0.3) is 71.7 Å². The van der Waals surface area contributed by atoms with Crippen LogP contribution < -0.4 is 4.90 Å². The van der Waals surface area contributed by atoms with Crippen LogP contribution in [0.3, 0.4) is 0 Å². The average molecular weight is 679 g/mol. The maximum Gasteiger partial charge on any atom is 0.0972 e. The first-order valence-corrected chi connectivity index (χ1v) is 18.0. The smallest absolute Gasteiger partial charge is 0.0972 e. The van der Waals surface area contributed by atoms with Gasteiger partial charge in [0.1, 0.15) is 0 Å². The number of nitrogens with zero attached hydrogens (tertiary/aromatic N) is 4. The molecule has 0 saturated carbocycles. The van der Waals surface area contributed by atoms with Crippen molar-refractivity contribution < 1.29 is 0 Å². The summed E-state index contributed by atoms with van der Waals surface area (Å²) in [5.41, 5.74) is 14.4. The van der Waals surface area contributed by atoms with Gasteiger partial charge in [0, 0.05) is 56.1 Å². The van der Waals surface area contributed by atoms with Crippen LogP contribution in [0.1, 0.15) is 5.56 Å². The minimum atomic E-state index is 0.932. The van der Waals surface area contributed by atoms with Crippen molar-refractivity contribution in [2.45, 2.75) is 6.92 Å². The van der Waals surface area contributed by atoms with Crippen LogP contribution >= 0.6 is 0 Å². The minimum Gasteiger partial charge on any atom is -0.310 e. The lowest BCUT2D eigenvalue weighted by atomic mass is 10.00. The maximum absolute atomic E-state index is 5.06. The van der Waals surface area contributed by atoms with Crippen molar-refractivity contribution in [2.75, 3.05) is 4.90 Å². The van der Waals surface area contributed by atoms with E-state index in [9.17, 15) is 0 Å². The van der Waals surface area contributed by atoms with E-state index in [1.807, 2.05) is 12.3 Å². The molecule has 0 bridgehead atoms. The third-order valence-corrected chi connectivity index (χ3v) is 10.3. The van der Waals surface area contributed by atoms with Gasteiger partial charge in [-0.25, -0.2) is 4.98 Å². The SMILES string of the molecule is Cc1cc(-c2ccc(-c3ccc4ccc5cccnc5c4n3)cc2)ccc1-n1c2ccccc2c2cc(N(c3ccccc3)c3ccccc3)ccc21. The summed E-state index contributed by atoms with van der Waals surface area (Å²) < 4.78 is 2.41. The molecule has 4 nitrogen and oxygen atoms in total. The molecule has 0 unspecified atom stereocenters. The Morgan fingerprint density at radius 2 is 1.09 bits per heavy atom. The van der Waals surface area contributed by atoms with Crippen LogP contribution in [-0.4, -0.2) is 14.5 Å². The van der Waals surface area contributed by atoms with Gasteiger partial charge in [0.2, 0.25) is 0 Å². The van der Waals surface area contributed by atoms with Crippen LogP contribution in [0, 0.1) is 6.92 Å². The van der Waals surface area contributed by atoms with Crippen molar-refractivity contribution in [3.63, 3.8) is 0 Å². The Bertz CT molecular complexity index is 2910. The Morgan fingerprint density at radius 3 is 1.85 bits per heavy atom. The normalized spacial score (nSPS) is 11.5. The molecule has 10 rings (SSSR count). The predicted octanol–water partition coefficient (Wildman–Crippen LogP) is 13.0. The van der Waals surface area contributed by atoms with E-state index >= 15 is 0 Å². The van der Waals surface area contributed by atoms with Gasteiger partial charge in [0.25, 0.3) is 0 Å². The predicted molar refractivity (Wildman–Crippen MR) is 222 cm³/mol. The zero-order valence-electron chi connectivity index (χ0n) is 29.2. The molecule has 3 heterocycles. The highest BCUT2D eigenvalue weighted by molar-refractivity contribution is 6.11. The van der Waals surface area contributed by atoms with Crippen molar-refractivity contribution in [1.82, 2.24) is 14.5 Å². The quantitative estimate of drug-likeness (QED) is 0.164. The minimum absolute atomic E-state index is 0.932. The highest BCUT2D eigenvalue weighted by Crippen LogP contribution is 2.40. The van der Waals surface area contributed by atoms with Gasteiger partial charge < -0.3 is 9.47 Å². The van der Waals surface area contributed by atoms with Crippen molar-refractivity contribution in [3.05, 3.63) is 194 Å². The van der Waals surface area contributed by atoms with E-state index in [-0.39, 0.29) is 0 Å². The Morgan fingerprint density at radius 1 is 0.453 bits per heavy atom. The molecule has 53 heavy (non-hydrogen) atoms. The number of fused-ring (bicyclic) bond motifs is 6. The number of benzene rings is 7. The van der Waals surface area contributed by atoms with Gasteiger partial charge in [-0.15, -0.1) is 0 Å². The maximum atomic E-state index is 5.06. The first kappa shape index (κ1) is 30.8. The summed E-state index contributed by atoms with van der Waals surface area (Å²) in [4.78, 5) is 12.0. The number of para-hydroxylation sites is 3. The van der Waals surface area contributed by atoms with Crippen molar-refractivity contribution in [1.29, 1.82) is 0 Å². The van der Waals surface area contributed by atoms with Gasteiger partial charge in [-0.1, -0.05) is 109 Å². The highest BCUT2D eigenvalue weighted by atomic mass is 15.1. The summed E-state index contributed by atoms with van der Waals surface area (Å²) in [5.74, 6) is 0. The molecule has 0 fully saturated rings. The molecule has 10 aromatic rings. The molecule has 0 aliphatic rings. The summed E-state index contributed by atoms with van der Waals surface area (Å²) in [6.07, 6.45) is 1.84. The zero-order chi connectivity index (χ0) is 35.3. The van der Waals surface area contributed by atoms with E-state index in [0.717, 1.165) is 50.1 Å². The number of aryl methyl sites for hydroxylation is 1. The number of aromatic nitrogens is 3. The summed E-state index contributed by atoms with van der Waals surface area (Å²) in [6, 6.07) is 64.8. The molecular weight excluding hydrogens is 645 g/mol. The molecule has 0 saturated heterocycles. The van der Waals surface area contributed by atoms with Crippen molar-refractivity contribution in [3.8, 4) is 28.1 Å². The second kappa shape index (κ2) is 12.6. The molecule has 0 radical (unpaired) electrons. The highest BCUT2D eigenvalue weighted by Gasteiger charge is 2.18. The molecule has 250 valence electrons. The van der Waals surface area contributed by atoms with Crippen LogP contribution in [0.5, 0.6) is 0 Å². The molecule has 4 heteroatoms. The first-order valence-electron chi connectivity index (χ1n) is 18.0. The Kier molecular flexibility index (Phi) is 7.33. The van der Waals surface area contributed by atoms with Gasteiger partial charge in [-0.05, 0) is 96.4 Å². The lowest BCUT2D eigenvalue weighted by Crippen LogP contribution is -2.09. The zero-order valence-corrected chi connectivity index (χ0v) is 29.2. The lowest BCUT2D eigenvalue weighted by Gasteiger charge is -2.25. The fourth-order valence-corrected chi connectivity index (χ4v) is 7.76. The fourth-order valence-electron chi connectivity index (χ4n) is 7.76. The molecule has 0 atom stereocenters. The number of rotatable bonds is 6. The summed E-state index contributed by atoms with van der Waals surface area (Å²) in [7, 11) is 0. The van der Waals surface area contributed by atoms with Gasteiger partial charge in [-0.2, -0.15) is 0 Å². The molecule has 7 aromatic carbocycles. The van der Waals surface area contributed by atoms with E-state index in [4.69, 9.17) is 4.98 Å². The second-order valence-corrected chi connectivity index (χ2v) is 13.5. The number of hydrogen-bond acceptors (Lipinski definition) is 3. The van der Waals surface area contributed by atoms with E-state index in [1.54, 1.807) is 0 Å². The Balaban J connectivity index is 1.02. The summed E-state index contributed by atoms with van der Waals surface area (Å²) in [6.45, 7) is 2.21. The monoisotopic (exact) mass is 678 g/mol. The van der Waals surface area contributed by atoms with Crippen LogP contribution in [-0.2, 0) is 0 Å². The number of pyridine rings is 2. The van der Waals surface area contributed by atoms with E-state index in [0.29, 0.717) is 0 Å². The Hall–Kier alpha value is -7.04. The average Bonchev–Trinajstić information content (AvgIpc) is 3.55. The van der Waals surface area contributed by atoms with Crippen LogP contribution in [0.15, 0.2) is 188 Å². The second-order valence-electron chi connectivity index (χ2n) is 13.5. The largest absolute Gasteiger partial charge is 0.310 e. The molecular formula is C49H34N4. The number of anilines is 3. The first-order chi connectivity index (χ1) is 26.2. The standard InChI is InChI=1S/C49H34N4/c1-33-31-38(34-18-20-35(21-19-34)44-27-24-37-23-22-36-11-10-30-50-48(36)49(37)51-44)25-28-45(33)53-46-17-9-8-16-42(46)43-32-41(26-29-47(43)53)52(39-12-4-2-5-13-39)40-14-6-3-7-15-40/h2-32H,1H3. The third kappa shape index (κ3) is 5.31. The molecule has 0 amide bonds. The molecule has 0 aliphatic heterocycles. The molecule has 0 spiro atoms. The van der Waals surface area contributed by atoms with Gasteiger partial charge in [0.05, 0.1) is 27.8 Å². The molecule has 3 aromatic heterocycles. The lowest BCUT2D eigenvalue weighted by molar-refractivity contribution is 1.15. The topological polar surface area (TPSA) is 34.0 Å². The fraction of sp³-hybridized carbons (Fsp3) is 0.0204. The van der Waals surface area contributed by atoms with Gasteiger partial charge in [0.15, 0.2) is 0 Å². The Labute approximate surface area is 307 Å². The van der Waals surface area contributed by atoms with E-state index in [2.05, 4.69) is 197 Å². The van der Waals surface area contributed by atoms with Crippen LogP contribution in [0.2, 0.25) is 0 Å². The van der Waals surface area contributed by atoms with E-state index < -0.39 is 0 Å². The third-order valence-electron chi connectivity index (χ3n) is 10.3. The van der Waals surface area contributed by atoms with Crippen LogP contribution in [0.4, 0.5) is 17.1 Å². The molecule has 0 N–H and O–H groups in total.